The van der Waals surface area contributed by atoms with Crippen molar-refractivity contribution < 1.29 is 18.7 Å². The molecule has 2 amide bonds. The second kappa shape index (κ2) is 9.76. The molecular weight excluding hydrogens is 460 g/mol. The molecule has 1 aromatic heterocycles. The van der Waals surface area contributed by atoms with Crippen molar-refractivity contribution in [3.8, 4) is 11.3 Å². The highest BCUT2D eigenvalue weighted by molar-refractivity contribution is 9.10. The summed E-state index contributed by atoms with van der Waals surface area (Å²) in [7, 11) is 0. The van der Waals surface area contributed by atoms with Crippen LogP contribution in [0.5, 0.6) is 0 Å². The molecule has 158 valence electrons. The van der Waals surface area contributed by atoms with Crippen molar-refractivity contribution in [3.05, 3.63) is 88.2 Å². The number of benzene rings is 2. The summed E-state index contributed by atoms with van der Waals surface area (Å²) in [6.07, 6.45) is 1.57. The predicted molar refractivity (Wildman–Crippen MR) is 121 cm³/mol. The molecule has 0 aliphatic carbocycles. The van der Waals surface area contributed by atoms with Crippen molar-refractivity contribution in [2.24, 2.45) is 0 Å². The average Bonchev–Trinajstić information content (AvgIpc) is 3.28. The second-order valence-electron chi connectivity index (χ2n) is 6.99. The number of morpholine rings is 1. The van der Waals surface area contributed by atoms with Gasteiger partial charge in [0, 0.05) is 34.8 Å². The fourth-order valence-corrected chi connectivity index (χ4v) is 3.48. The van der Waals surface area contributed by atoms with Gasteiger partial charge in [0.05, 0.1) is 13.2 Å². The van der Waals surface area contributed by atoms with Crippen molar-refractivity contribution in [2.75, 3.05) is 26.3 Å². The first-order chi connectivity index (χ1) is 15.1. The van der Waals surface area contributed by atoms with Crippen molar-refractivity contribution in [3.63, 3.8) is 0 Å². The maximum atomic E-state index is 13.1. The van der Waals surface area contributed by atoms with E-state index in [1.807, 2.05) is 36.4 Å². The second-order valence-corrected chi connectivity index (χ2v) is 7.91. The third-order valence-electron chi connectivity index (χ3n) is 4.86. The molecule has 0 spiro atoms. The van der Waals surface area contributed by atoms with Crippen molar-refractivity contribution in [1.29, 1.82) is 0 Å². The standard InChI is InChI=1S/C24H21BrN2O4/c25-19-8-6-17(7-9-19)22-11-10-20(31-22)16-21(24(29)27-12-14-30-15-13-27)26-23(28)18-4-2-1-3-5-18/h1-11,16H,12-15H2,(H,26,28)/b21-16-. The number of carbonyl (C=O) groups excluding carboxylic acids is 2. The number of nitrogens with zero attached hydrogens (tertiary/aromatic N) is 1. The van der Waals surface area contributed by atoms with E-state index in [1.165, 1.54) is 0 Å². The molecule has 1 saturated heterocycles. The van der Waals surface area contributed by atoms with Crippen LogP contribution >= 0.6 is 15.9 Å². The summed E-state index contributed by atoms with van der Waals surface area (Å²) in [6.45, 7) is 1.89. The number of rotatable bonds is 5. The molecule has 4 rings (SSSR count). The van der Waals surface area contributed by atoms with E-state index in [0.29, 0.717) is 43.4 Å². The van der Waals surface area contributed by atoms with E-state index < -0.39 is 0 Å². The first-order valence-corrected chi connectivity index (χ1v) is 10.7. The van der Waals surface area contributed by atoms with Crippen LogP contribution in [0.25, 0.3) is 17.4 Å². The number of halogens is 1. The zero-order valence-electron chi connectivity index (χ0n) is 16.7. The van der Waals surface area contributed by atoms with E-state index in [-0.39, 0.29) is 17.5 Å². The van der Waals surface area contributed by atoms with E-state index in [1.54, 1.807) is 41.3 Å². The lowest BCUT2D eigenvalue weighted by atomic mass is 10.2. The summed E-state index contributed by atoms with van der Waals surface area (Å²) >= 11 is 3.42. The molecule has 7 heteroatoms. The van der Waals surface area contributed by atoms with Crippen LogP contribution in [0.15, 0.2) is 81.3 Å². The Hall–Kier alpha value is -3.16. The Kier molecular flexibility index (Phi) is 6.64. The van der Waals surface area contributed by atoms with Gasteiger partial charge in [-0.25, -0.2) is 0 Å². The van der Waals surface area contributed by atoms with Gasteiger partial charge in [0.15, 0.2) is 0 Å². The van der Waals surface area contributed by atoms with Crippen molar-refractivity contribution in [2.45, 2.75) is 0 Å². The van der Waals surface area contributed by atoms with Crippen LogP contribution in [-0.2, 0) is 9.53 Å². The molecule has 2 heterocycles. The van der Waals surface area contributed by atoms with Crippen LogP contribution in [0.4, 0.5) is 0 Å². The van der Waals surface area contributed by atoms with Crippen LogP contribution in [0.2, 0.25) is 0 Å². The molecule has 1 N–H and O–H groups in total. The number of amides is 2. The summed E-state index contributed by atoms with van der Waals surface area (Å²) in [5.41, 5.74) is 1.54. The molecule has 0 atom stereocenters. The summed E-state index contributed by atoms with van der Waals surface area (Å²) in [5, 5.41) is 2.76. The fourth-order valence-electron chi connectivity index (χ4n) is 3.21. The monoisotopic (exact) mass is 480 g/mol. The zero-order chi connectivity index (χ0) is 21.6. The number of hydrogen-bond acceptors (Lipinski definition) is 4. The van der Waals surface area contributed by atoms with E-state index >= 15 is 0 Å². The van der Waals surface area contributed by atoms with Gasteiger partial charge >= 0.3 is 0 Å². The molecule has 0 unspecified atom stereocenters. The molecule has 0 bridgehead atoms. The van der Waals surface area contributed by atoms with E-state index in [4.69, 9.17) is 9.15 Å². The first-order valence-electron chi connectivity index (χ1n) is 9.91. The highest BCUT2D eigenvalue weighted by atomic mass is 79.9. The smallest absolute Gasteiger partial charge is 0.270 e. The lowest BCUT2D eigenvalue weighted by Gasteiger charge is -2.27. The Bertz CT molecular complexity index is 1080. The Morgan fingerprint density at radius 2 is 1.65 bits per heavy atom. The highest BCUT2D eigenvalue weighted by Crippen LogP contribution is 2.25. The molecular formula is C24H21BrN2O4. The maximum absolute atomic E-state index is 13.1. The summed E-state index contributed by atoms with van der Waals surface area (Å²) in [5.74, 6) is 0.525. The normalized spacial score (nSPS) is 14.4. The lowest BCUT2D eigenvalue weighted by Crippen LogP contribution is -2.44. The Balaban J connectivity index is 1.61. The van der Waals surface area contributed by atoms with Crippen molar-refractivity contribution >= 4 is 33.8 Å². The lowest BCUT2D eigenvalue weighted by molar-refractivity contribution is -0.131. The molecule has 0 radical (unpaired) electrons. The van der Waals surface area contributed by atoms with Crippen LogP contribution in [0.1, 0.15) is 16.1 Å². The van der Waals surface area contributed by atoms with Gasteiger partial charge < -0.3 is 19.4 Å². The van der Waals surface area contributed by atoms with Crippen LogP contribution in [0.3, 0.4) is 0 Å². The van der Waals surface area contributed by atoms with Gasteiger partial charge in [-0.3, -0.25) is 9.59 Å². The van der Waals surface area contributed by atoms with Gasteiger partial charge in [0.25, 0.3) is 11.8 Å². The Morgan fingerprint density at radius 3 is 2.35 bits per heavy atom. The number of hydrogen-bond donors (Lipinski definition) is 1. The minimum Gasteiger partial charge on any atom is -0.457 e. The van der Waals surface area contributed by atoms with Crippen LogP contribution in [-0.4, -0.2) is 43.0 Å². The van der Waals surface area contributed by atoms with Crippen molar-refractivity contribution in [1.82, 2.24) is 10.2 Å². The summed E-state index contributed by atoms with van der Waals surface area (Å²) in [6, 6.07) is 20.1. The topological polar surface area (TPSA) is 71.8 Å². The van der Waals surface area contributed by atoms with Gasteiger partial charge in [-0.15, -0.1) is 0 Å². The third kappa shape index (κ3) is 5.31. The Morgan fingerprint density at radius 1 is 0.935 bits per heavy atom. The van der Waals surface area contributed by atoms with E-state index in [9.17, 15) is 9.59 Å². The maximum Gasteiger partial charge on any atom is 0.270 e. The molecule has 1 aliphatic rings. The van der Waals surface area contributed by atoms with Gasteiger partial charge in [0.2, 0.25) is 0 Å². The molecule has 6 nitrogen and oxygen atoms in total. The highest BCUT2D eigenvalue weighted by Gasteiger charge is 2.23. The van der Waals surface area contributed by atoms with E-state index in [0.717, 1.165) is 10.0 Å². The number of nitrogens with one attached hydrogen (secondary N) is 1. The van der Waals surface area contributed by atoms with Gasteiger partial charge in [-0.2, -0.15) is 0 Å². The van der Waals surface area contributed by atoms with Gasteiger partial charge in [0.1, 0.15) is 17.2 Å². The fraction of sp³-hybridized carbons (Fsp3) is 0.167. The van der Waals surface area contributed by atoms with Gasteiger partial charge in [-0.1, -0.05) is 46.3 Å². The largest absolute Gasteiger partial charge is 0.457 e. The quantitative estimate of drug-likeness (QED) is 0.551. The molecule has 0 saturated carbocycles. The Labute approximate surface area is 188 Å². The van der Waals surface area contributed by atoms with E-state index in [2.05, 4.69) is 21.2 Å². The van der Waals surface area contributed by atoms with Gasteiger partial charge in [-0.05, 0) is 36.4 Å². The number of ether oxygens (including phenoxy) is 1. The zero-order valence-corrected chi connectivity index (χ0v) is 18.3. The molecule has 31 heavy (non-hydrogen) atoms. The molecule has 3 aromatic rings. The predicted octanol–water partition coefficient (Wildman–Crippen LogP) is 4.34. The molecule has 1 aliphatic heterocycles. The summed E-state index contributed by atoms with van der Waals surface area (Å²) < 4.78 is 12.2. The number of furan rings is 1. The molecule has 2 aromatic carbocycles. The minimum atomic E-state index is -0.354. The third-order valence-corrected chi connectivity index (χ3v) is 5.38. The summed E-state index contributed by atoms with van der Waals surface area (Å²) in [4.78, 5) is 27.5. The molecule has 1 fully saturated rings. The number of carbonyl (C=O) groups is 2. The van der Waals surface area contributed by atoms with Crippen LogP contribution < -0.4 is 5.32 Å². The first kappa shape index (κ1) is 21.1. The SMILES string of the molecule is O=C(N/C(=C\c1ccc(-c2ccc(Br)cc2)o1)C(=O)N1CCOCC1)c1ccccc1. The average molecular weight is 481 g/mol. The van der Waals surface area contributed by atoms with Crippen LogP contribution in [0, 0.1) is 0 Å². The minimum absolute atomic E-state index is 0.160.